The Bertz CT molecular complexity index is 97.4. The van der Waals surface area contributed by atoms with Gasteiger partial charge in [-0.3, -0.25) is 4.79 Å². The van der Waals surface area contributed by atoms with E-state index in [9.17, 15) is 4.79 Å². The van der Waals surface area contributed by atoms with Crippen LogP contribution in [0.4, 0.5) is 0 Å². The molecular formula is C8H16O2. The topological polar surface area (TPSA) is 37.3 Å². The molecule has 10 heavy (non-hydrogen) atoms. The van der Waals surface area contributed by atoms with E-state index in [-0.39, 0.29) is 6.10 Å². The Hall–Kier alpha value is -0.370. The molecule has 0 unspecified atom stereocenters. The standard InChI is InChI=1S/C8H16O2/c1-3-8(10)6-4-5-7(2)9/h7,9H,3-6H2,1-2H3/t7-/m0/s1. The summed E-state index contributed by atoms with van der Waals surface area (Å²) >= 11 is 0. The average molecular weight is 144 g/mol. The Balaban J connectivity index is 3.12. The van der Waals surface area contributed by atoms with Crippen LogP contribution in [0.5, 0.6) is 0 Å². The Labute approximate surface area is 62.2 Å². The summed E-state index contributed by atoms with van der Waals surface area (Å²) in [6, 6.07) is 0. The summed E-state index contributed by atoms with van der Waals surface area (Å²) in [7, 11) is 0. The van der Waals surface area contributed by atoms with E-state index < -0.39 is 0 Å². The number of Topliss-reactive ketones (excluding diaryl/α,β-unsaturated/α-hetero) is 1. The van der Waals surface area contributed by atoms with Gasteiger partial charge in [0.05, 0.1) is 6.10 Å². The maximum Gasteiger partial charge on any atom is 0.132 e. The molecule has 0 aliphatic rings. The molecule has 0 radical (unpaired) electrons. The zero-order chi connectivity index (χ0) is 7.98. The maximum absolute atomic E-state index is 10.7. The largest absolute Gasteiger partial charge is 0.393 e. The Morgan fingerprint density at radius 2 is 2.20 bits per heavy atom. The van der Waals surface area contributed by atoms with Crippen LogP contribution in [0.2, 0.25) is 0 Å². The molecular weight excluding hydrogens is 128 g/mol. The molecule has 0 aliphatic carbocycles. The highest BCUT2D eigenvalue weighted by molar-refractivity contribution is 5.77. The van der Waals surface area contributed by atoms with Crippen molar-refractivity contribution in [1.29, 1.82) is 0 Å². The van der Waals surface area contributed by atoms with Crippen molar-refractivity contribution >= 4 is 5.78 Å². The van der Waals surface area contributed by atoms with Gasteiger partial charge >= 0.3 is 0 Å². The zero-order valence-electron chi connectivity index (χ0n) is 6.76. The lowest BCUT2D eigenvalue weighted by Gasteiger charge is -2.01. The highest BCUT2D eigenvalue weighted by Crippen LogP contribution is 2.01. The van der Waals surface area contributed by atoms with E-state index in [1.807, 2.05) is 6.92 Å². The quantitative estimate of drug-likeness (QED) is 0.635. The second-order valence-corrected chi connectivity index (χ2v) is 2.63. The SMILES string of the molecule is CCC(=O)CCC[C@H](C)O. The molecule has 0 rings (SSSR count). The van der Waals surface area contributed by atoms with Gasteiger partial charge in [0.15, 0.2) is 0 Å². The van der Waals surface area contributed by atoms with Crippen molar-refractivity contribution in [2.24, 2.45) is 0 Å². The lowest BCUT2D eigenvalue weighted by atomic mass is 10.1. The van der Waals surface area contributed by atoms with Crippen LogP contribution in [0.1, 0.15) is 39.5 Å². The van der Waals surface area contributed by atoms with E-state index in [0.717, 1.165) is 12.8 Å². The molecule has 2 nitrogen and oxygen atoms in total. The van der Waals surface area contributed by atoms with Crippen LogP contribution in [0.25, 0.3) is 0 Å². The van der Waals surface area contributed by atoms with Crippen molar-refractivity contribution in [3.05, 3.63) is 0 Å². The molecule has 1 atom stereocenters. The number of carbonyl (C=O) groups is 1. The Morgan fingerprint density at radius 1 is 1.60 bits per heavy atom. The molecule has 0 aromatic carbocycles. The van der Waals surface area contributed by atoms with Crippen LogP contribution in [-0.2, 0) is 4.79 Å². The van der Waals surface area contributed by atoms with E-state index in [1.54, 1.807) is 6.92 Å². The van der Waals surface area contributed by atoms with Crippen LogP contribution in [0.15, 0.2) is 0 Å². The first-order valence-electron chi connectivity index (χ1n) is 3.86. The normalized spacial score (nSPS) is 13.1. The molecule has 0 fully saturated rings. The van der Waals surface area contributed by atoms with E-state index in [0.29, 0.717) is 18.6 Å². The molecule has 0 amide bonds. The predicted octanol–water partition coefficient (Wildman–Crippen LogP) is 1.52. The van der Waals surface area contributed by atoms with Gasteiger partial charge in [0, 0.05) is 12.8 Å². The van der Waals surface area contributed by atoms with E-state index in [1.165, 1.54) is 0 Å². The van der Waals surface area contributed by atoms with Crippen LogP contribution >= 0.6 is 0 Å². The Morgan fingerprint density at radius 3 is 2.60 bits per heavy atom. The van der Waals surface area contributed by atoms with Crippen molar-refractivity contribution < 1.29 is 9.90 Å². The predicted molar refractivity (Wildman–Crippen MR) is 40.8 cm³/mol. The molecule has 0 aromatic rings. The summed E-state index contributed by atoms with van der Waals surface area (Å²) in [5.74, 6) is 0.292. The number of rotatable bonds is 5. The van der Waals surface area contributed by atoms with E-state index >= 15 is 0 Å². The minimum atomic E-state index is -0.260. The summed E-state index contributed by atoms with van der Waals surface area (Å²) in [6.07, 6.45) is 2.56. The highest BCUT2D eigenvalue weighted by atomic mass is 16.3. The molecule has 0 saturated heterocycles. The molecule has 0 aromatic heterocycles. The van der Waals surface area contributed by atoms with Crippen molar-refractivity contribution in [2.45, 2.75) is 45.6 Å². The summed E-state index contributed by atoms with van der Waals surface area (Å²) in [5, 5.41) is 8.83. The number of ketones is 1. The van der Waals surface area contributed by atoms with E-state index in [2.05, 4.69) is 0 Å². The van der Waals surface area contributed by atoms with Gasteiger partial charge in [-0.15, -0.1) is 0 Å². The third kappa shape index (κ3) is 5.76. The average Bonchev–Trinajstić information content (AvgIpc) is 1.87. The van der Waals surface area contributed by atoms with Crippen LogP contribution < -0.4 is 0 Å². The molecule has 0 bridgehead atoms. The van der Waals surface area contributed by atoms with Crippen LogP contribution in [0, 0.1) is 0 Å². The smallest absolute Gasteiger partial charge is 0.132 e. The van der Waals surface area contributed by atoms with Crippen LogP contribution in [-0.4, -0.2) is 17.0 Å². The number of aliphatic hydroxyl groups is 1. The molecule has 0 spiro atoms. The molecule has 60 valence electrons. The molecule has 1 N–H and O–H groups in total. The third-order valence-corrected chi connectivity index (χ3v) is 1.47. The van der Waals surface area contributed by atoms with Gasteiger partial charge in [0.1, 0.15) is 5.78 Å². The monoisotopic (exact) mass is 144 g/mol. The fraction of sp³-hybridized carbons (Fsp3) is 0.875. The molecule has 0 saturated carbocycles. The second-order valence-electron chi connectivity index (χ2n) is 2.63. The van der Waals surface area contributed by atoms with Crippen LogP contribution in [0.3, 0.4) is 0 Å². The minimum Gasteiger partial charge on any atom is -0.393 e. The second kappa shape index (κ2) is 5.42. The van der Waals surface area contributed by atoms with Crippen molar-refractivity contribution in [3.63, 3.8) is 0 Å². The van der Waals surface area contributed by atoms with Crippen molar-refractivity contribution in [1.82, 2.24) is 0 Å². The number of hydrogen-bond donors (Lipinski definition) is 1. The molecule has 2 heteroatoms. The summed E-state index contributed by atoms with van der Waals surface area (Å²) in [5.41, 5.74) is 0. The first-order valence-corrected chi connectivity index (χ1v) is 3.86. The Kier molecular flexibility index (Phi) is 5.22. The maximum atomic E-state index is 10.7. The lowest BCUT2D eigenvalue weighted by Crippen LogP contribution is -2.01. The fourth-order valence-electron chi connectivity index (χ4n) is 0.771. The number of hydrogen-bond acceptors (Lipinski definition) is 2. The van der Waals surface area contributed by atoms with Gasteiger partial charge < -0.3 is 5.11 Å². The van der Waals surface area contributed by atoms with Crippen molar-refractivity contribution in [2.75, 3.05) is 0 Å². The number of carbonyl (C=O) groups excluding carboxylic acids is 1. The lowest BCUT2D eigenvalue weighted by molar-refractivity contribution is -0.118. The number of aliphatic hydroxyl groups excluding tert-OH is 1. The van der Waals surface area contributed by atoms with E-state index in [4.69, 9.17) is 5.11 Å². The summed E-state index contributed by atoms with van der Waals surface area (Å²) < 4.78 is 0. The van der Waals surface area contributed by atoms with Crippen molar-refractivity contribution in [3.8, 4) is 0 Å². The first-order chi connectivity index (χ1) is 4.66. The third-order valence-electron chi connectivity index (χ3n) is 1.47. The van der Waals surface area contributed by atoms with Gasteiger partial charge in [-0.2, -0.15) is 0 Å². The molecule has 0 heterocycles. The zero-order valence-corrected chi connectivity index (χ0v) is 6.76. The van der Waals surface area contributed by atoms with Gasteiger partial charge in [0.25, 0.3) is 0 Å². The van der Waals surface area contributed by atoms with Gasteiger partial charge in [0.2, 0.25) is 0 Å². The van der Waals surface area contributed by atoms with Gasteiger partial charge in [-0.25, -0.2) is 0 Å². The van der Waals surface area contributed by atoms with Gasteiger partial charge in [-0.1, -0.05) is 6.92 Å². The summed E-state index contributed by atoms with van der Waals surface area (Å²) in [6.45, 7) is 3.61. The highest BCUT2D eigenvalue weighted by Gasteiger charge is 1.99. The first kappa shape index (κ1) is 9.63. The fourth-order valence-corrected chi connectivity index (χ4v) is 0.771. The van der Waals surface area contributed by atoms with Gasteiger partial charge in [-0.05, 0) is 19.8 Å². The minimum absolute atomic E-state index is 0.260. The molecule has 0 aliphatic heterocycles. The summed E-state index contributed by atoms with van der Waals surface area (Å²) in [4.78, 5) is 10.7.